The maximum Gasteiger partial charge on any atom is 0.319 e. The summed E-state index contributed by atoms with van der Waals surface area (Å²) in [5.41, 5.74) is -0.181. The van der Waals surface area contributed by atoms with E-state index in [0.29, 0.717) is 22.9 Å². The number of aliphatic hydroxyl groups excluding tert-OH is 1. The van der Waals surface area contributed by atoms with Gasteiger partial charge in [0.2, 0.25) is 0 Å². The lowest BCUT2D eigenvalue weighted by Gasteiger charge is -2.27. The third kappa shape index (κ3) is 4.29. The average molecular weight is 287 g/mol. The van der Waals surface area contributed by atoms with E-state index in [1.165, 1.54) is 7.11 Å². The Bertz CT molecular complexity index is 448. The lowest BCUT2D eigenvalue weighted by Crippen LogP contribution is -2.50. The Labute approximate surface area is 117 Å². The number of hydrogen-bond acceptors (Lipinski definition) is 3. The number of nitrogens with one attached hydrogen (secondary N) is 2. The quantitative estimate of drug-likeness (QED) is 0.779. The predicted molar refractivity (Wildman–Crippen MR) is 75.9 cm³/mol. The number of carbonyl (C=O) groups is 1. The van der Waals surface area contributed by atoms with E-state index in [9.17, 15) is 9.90 Å². The van der Waals surface area contributed by atoms with Gasteiger partial charge in [-0.15, -0.1) is 0 Å². The van der Waals surface area contributed by atoms with Gasteiger partial charge in [-0.2, -0.15) is 0 Å². The minimum Gasteiger partial charge on any atom is -0.495 e. The van der Waals surface area contributed by atoms with Gasteiger partial charge in [-0.3, -0.25) is 0 Å². The summed E-state index contributed by atoms with van der Waals surface area (Å²) in [4.78, 5) is 11.9. The van der Waals surface area contributed by atoms with Crippen molar-refractivity contribution in [2.45, 2.75) is 25.8 Å². The third-order valence-electron chi connectivity index (χ3n) is 2.95. The molecule has 0 aliphatic heterocycles. The van der Waals surface area contributed by atoms with Crippen LogP contribution < -0.4 is 15.4 Å². The SMILES string of the molecule is CCC(C)(CO)NC(=O)Nc1cc(Cl)ccc1OC. The van der Waals surface area contributed by atoms with Crippen LogP contribution in [0.5, 0.6) is 5.75 Å². The molecule has 19 heavy (non-hydrogen) atoms. The number of hydrogen-bond donors (Lipinski definition) is 3. The summed E-state index contributed by atoms with van der Waals surface area (Å²) in [7, 11) is 1.51. The smallest absolute Gasteiger partial charge is 0.319 e. The topological polar surface area (TPSA) is 70.6 Å². The average Bonchev–Trinajstić information content (AvgIpc) is 2.38. The number of anilines is 1. The van der Waals surface area contributed by atoms with E-state index in [0.717, 1.165) is 0 Å². The van der Waals surface area contributed by atoms with Gasteiger partial charge in [-0.05, 0) is 31.5 Å². The molecule has 3 N–H and O–H groups in total. The fourth-order valence-corrected chi connectivity index (χ4v) is 1.62. The van der Waals surface area contributed by atoms with Crippen LogP contribution in [0.3, 0.4) is 0 Å². The molecule has 1 aromatic carbocycles. The highest BCUT2D eigenvalue weighted by Crippen LogP contribution is 2.27. The van der Waals surface area contributed by atoms with Crippen LogP contribution in [0.15, 0.2) is 18.2 Å². The Morgan fingerprint density at radius 1 is 1.53 bits per heavy atom. The lowest BCUT2D eigenvalue weighted by molar-refractivity contribution is 0.172. The fourth-order valence-electron chi connectivity index (χ4n) is 1.45. The molecule has 1 rings (SSSR count). The molecular weight excluding hydrogens is 268 g/mol. The summed E-state index contributed by atoms with van der Waals surface area (Å²) in [6.07, 6.45) is 0.615. The molecule has 0 spiro atoms. The van der Waals surface area contributed by atoms with E-state index in [-0.39, 0.29) is 6.61 Å². The molecular formula is C13H19ClN2O3. The van der Waals surface area contributed by atoms with Crippen molar-refractivity contribution in [3.05, 3.63) is 23.2 Å². The molecule has 0 aromatic heterocycles. The highest BCUT2D eigenvalue weighted by molar-refractivity contribution is 6.31. The molecule has 6 heteroatoms. The summed E-state index contributed by atoms with van der Waals surface area (Å²) >= 11 is 5.88. The number of urea groups is 1. The molecule has 2 amide bonds. The number of amides is 2. The van der Waals surface area contributed by atoms with Gasteiger partial charge in [-0.1, -0.05) is 18.5 Å². The molecule has 1 atom stereocenters. The van der Waals surface area contributed by atoms with E-state index in [1.807, 2.05) is 6.92 Å². The van der Waals surface area contributed by atoms with Gasteiger partial charge in [0, 0.05) is 5.02 Å². The predicted octanol–water partition coefficient (Wildman–Crippen LogP) is 2.63. The Hall–Kier alpha value is -1.46. The largest absolute Gasteiger partial charge is 0.495 e. The highest BCUT2D eigenvalue weighted by Gasteiger charge is 2.23. The van der Waals surface area contributed by atoms with Crippen molar-refractivity contribution in [2.24, 2.45) is 0 Å². The van der Waals surface area contributed by atoms with Gasteiger partial charge >= 0.3 is 6.03 Å². The second-order valence-electron chi connectivity index (χ2n) is 4.50. The van der Waals surface area contributed by atoms with Crippen LogP contribution in [0.25, 0.3) is 0 Å². The Morgan fingerprint density at radius 2 is 2.21 bits per heavy atom. The van der Waals surface area contributed by atoms with Crippen LogP contribution in [0.4, 0.5) is 10.5 Å². The number of benzene rings is 1. The number of ether oxygens (including phenoxy) is 1. The van der Waals surface area contributed by atoms with Gasteiger partial charge in [0.05, 0.1) is 24.9 Å². The van der Waals surface area contributed by atoms with Crippen LogP contribution in [0, 0.1) is 0 Å². The first-order valence-electron chi connectivity index (χ1n) is 5.97. The van der Waals surface area contributed by atoms with Crippen molar-refractivity contribution in [3.63, 3.8) is 0 Å². The highest BCUT2D eigenvalue weighted by atomic mass is 35.5. The molecule has 0 radical (unpaired) electrons. The van der Waals surface area contributed by atoms with Crippen molar-refractivity contribution in [1.82, 2.24) is 5.32 Å². The second kappa shape index (κ2) is 6.63. The summed E-state index contributed by atoms with van der Waals surface area (Å²) < 4.78 is 5.13. The van der Waals surface area contributed by atoms with Crippen molar-refractivity contribution in [3.8, 4) is 5.75 Å². The van der Waals surface area contributed by atoms with Crippen LogP contribution in [0.2, 0.25) is 5.02 Å². The maximum atomic E-state index is 11.9. The Kier molecular flexibility index (Phi) is 5.44. The fraction of sp³-hybridized carbons (Fsp3) is 0.462. The molecule has 5 nitrogen and oxygen atoms in total. The Balaban J connectivity index is 2.79. The van der Waals surface area contributed by atoms with E-state index in [1.54, 1.807) is 25.1 Å². The number of carbonyl (C=O) groups excluding carboxylic acids is 1. The van der Waals surface area contributed by atoms with Gasteiger partial charge in [0.25, 0.3) is 0 Å². The lowest BCUT2D eigenvalue weighted by atomic mass is 10.0. The monoisotopic (exact) mass is 286 g/mol. The standard InChI is InChI=1S/C13H19ClN2O3/c1-4-13(2,8-17)16-12(18)15-10-7-9(14)5-6-11(10)19-3/h5-7,17H,4,8H2,1-3H3,(H2,15,16,18). The molecule has 1 unspecified atom stereocenters. The van der Waals surface area contributed by atoms with Crippen LogP contribution in [-0.4, -0.2) is 30.4 Å². The zero-order valence-electron chi connectivity index (χ0n) is 11.3. The van der Waals surface area contributed by atoms with Crippen molar-refractivity contribution in [1.29, 1.82) is 0 Å². The van der Waals surface area contributed by atoms with E-state index < -0.39 is 11.6 Å². The molecule has 106 valence electrons. The Morgan fingerprint density at radius 3 is 2.74 bits per heavy atom. The molecule has 0 aliphatic rings. The molecule has 0 saturated carbocycles. The zero-order valence-corrected chi connectivity index (χ0v) is 12.0. The van der Waals surface area contributed by atoms with E-state index in [4.69, 9.17) is 16.3 Å². The second-order valence-corrected chi connectivity index (χ2v) is 4.93. The van der Waals surface area contributed by atoms with Crippen molar-refractivity contribution >= 4 is 23.3 Å². The van der Waals surface area contributed by atoms with Gasteiger partial charge < -0.3 is 20.5 Å². The molecule has 1 aromatic rings. The third-order valence-corrected chi connectivity index (χ3v) is 3.19. The summed E-state index contributed by atoms with van der Waals surface area (Å²) in [5, 5.41) is 15.1. The van der Waals surface area contributed by atoms with Crippen LogP contribution in [-0.2, 0) is 0 Å². The van der Waals surface area contributed by atoms with Crippen molar-refractivity contribution < 1.29 is 14.6 Å². The summed E-state index contributed by atoms with van der Waals surface area (Å²) in [6.45, 7) is 3.52. The number of halogens is 1. The molecule has 0 bridgehead atoms. The first-order chi connectivity index (χ1) is 8.94. The van der Waals surface area contributed by atoms with Crippen molar-refractivity contribution in [2.75, 3.05) is 19.0 Å². The van der Waals surface area contributed by atoms with Gasteiger partial charge in [-0.25, -0.2) is 4.79 Å². The maximum absolute atomic E-state index is 11.9. The molecule has 0 saturated heterocycles. The number of aliphatic hydroxyl groups is 1. The minimum atomic E-state index is -0.657. The zero-order chi connectivity index (χ0) is 14.5. The number of methoxy groups -OCH3 is 1. The molecule has 0 aliphatic carbocycles. The first-order valence-corrected chi connectivity index (χ1v) is 6.35. The van der Waals surface area contributed by atoms with E-state index in [2.05, 4.69) is 10.6 Å². The van der Waals surface area contributed by atoms with Crippen LogP contribution >= 0.6 is 11.6 Å². The van der Waals surface area contributed by atoms with Gasteiger partial charge in [0.1, 0.15) is 5.75 Å². The molecule has 0 heterocycles. The summed E-state index contributed by atoms with van der Waals surface area (Å²) in [6, 6.07) is 4.53. The van der Waals surface area contributed by atoms with Gasteiger partial charge in [0.15, 0.2) is 0 Å². The summed E-state index contributed by atoms with van der Waals surface area (Å²) in [5.74, 6) is 0.516. The molecule has 0 fully saturated rings. The first kappa shape index (κ1) is 15.6. The normalized spacial score (nSPS) is 13.5. The van der Waals surface area contributed by atoms with Crippen LogP contribution in [0.1, 0.15) is 20.3 Å². The number of rotatable bonds is 5. The van der Waals surface area contributed by atoms with E-state index >= 15 is 0 Å². The minimum absolute atomic E-state index is 0.135.